The van der Waals surface area contributed by atoms with Crippen LogP contribution in [0.4, 0.5) is 5.69 Å². The zero-order valence-corrected chi connectivity index (χ0v) is 11.9. The first-order valence-electron chi connectivity index (χ1n) is 5.97. The molecule has 2 rings (SSSR count). The molecule has 0 bridgehead atoms. The van der Waals surface area contributed by atoms with Crippen LogP contribution in [-0.2, 0) is 4.79 Å². The lowest BCUT2D eigenvalue weighted by atomic mass is 9.89. The molecule has 0 amide bonds. The van der Waals surface area contributed by atoms with Gasteiger partial charge < -0.3 is 15.3 Å². The number of anilines is 1. The fourth-order valence-corrected chi connectivity index (χ4v) is 2.84. The summed E-state index contributed by atoms with van der Waals surface area (Å²) >= 11 is 3.40. The van der Waals surface area contributed by atoms with Crippen molar-refractivity contribution in [2.24, 2.45) is 0 Å². The Bertz CT molecular complexity index is 452. The quantitative estimate of drug-likeness (QED) is 0.900. The number of likely N-dealkylation sites (N-methyl/N-ethyl adjacent to an activating group) is 1. The van der Waals surface area contributed by atoms with Crippen molar-refractivity contribution >= 4 is 27.6 Å². The number of carboxylic acid groups (broad SMARTS) is 1. The van der Waals surface area contributed by atoms with Crippen molar-refractivity contribution in [3.63, 3.8) is 0 Å². The summed E-state index contributed by atoms with van der Waals surface area (Å²) in [5, 5.41) is 12.7. The van der Waals surface area contributed by atoms with Crippen LogP contribution >= 0.6 is 15.9 Å². The van der Waals surface area contributed by atoms with Gasteiger partial charge in [-0.15, -0.1) is 0 Å². The van der Waals surface area contributed by atoms with Gasteiger partial charge >= 0.3 is 5.97 Å². The molecule has 4 nitrogen and oxygen atoms in total. The van der Waals surface area contributed by atoms with Crippen molar-refractivity contribution in [2.45, 2.75) is 18.4 Å². The molecular formula is C13H17BrN2O2. The Hall–Kier alpha value is -1.07. The number of nitrogens with one attached hydrogen (secondary N) is 1. The van der Waals surface area contributed by atoms with Crippen molar-refractivity contribution in [3.8, 4) is 0 Å². The highest BCUT2D eigenvalue weighted by molar-refractivity contribution is 9.10. The summed E-state index contributed by atoms with van der Waals surface area (Å²) in [6.45, 7) is 1.48. The molecule has 5 heteroatoms. The normalized spacial score (nSPS) is 24.8. The minimum atomic E-state index is -0.881. The van der Waals surface area contributed by atoms with E-state index in [0.29, 0.717) is 13.0 Å². The molecule has 0 aliphatic carbocycles. The van der Waals surface area contributed by atoms with E-state index in [1.807, 2.05) is 31.3 Å². The summed E-state index contributed by atoms with van der Waals surface area (Å²) in [5.74, 6) is -0.783. The van der Waals surface area contributed by atoms with Crippen molar-refractivity contribution < 1.29 is 9.90 Å². The highest BCUT2D eigenvalue weighted by Gasteiger charge is 2.41. The molecule has 2 N–H and O–H groups in total. The minimum absolute atomic E-state index is 0.523. The number of hydrogen-bond acceptors (Lipinski definition) is 3. The van der Waals surface area contributed by atoms with Gasteiger partial charge in [-0.3, -0.25) is 0 Å². The second-order valence-corrected chi connectivity index (χ2v) is 5.78. The van der Waals surface area contributed by atoms with Crippen LogP contribution in [0.1, 0.15) is 12.8 Å². The Kier molecular flexibility index (Phi) is 3.92. The maximum atomic E-state index is 11.6. The van der Waals surface area contributed by atoms with Crippen LogP contribution in [0.5, 0.6) is 0 Å². The molecule has 0 saturated carbocycles. The molecule has 98 valence electrons. The summed E-state index contributed by atoms with van der Waals surface area (Å²) in [6, 6.07) is 7.61. The van der Waals surface area contributed by atoms with Crippen molar-refractivity contribution in [1.82, 2.24) is 4.90 Å². The first-order chi connectivity index (χ1) is 8.52. The lowest BCUT2D eigenvalue weighted by molar-refractivity contribution is -0.144. The molecule has 1 aliphatic heterocycles. The Labute approximate surface area is 115 Å². The molecular weight excluding hydrogens is 296 g/mol. The van der Waals surface area contributed by atoms with E-state index < -0.39 is 11.5 Å². The number of hydrogen-bond donors (Lipinski definition) is 2. The van der Waals surface area contributed by atoms with E-state index >= 15 is 0 Å². The van der Waals surface area contributed by atoms with Gasteiger partial charge in [0, 0.05) is 16.7 Å². The summed E-state index contributed by atoms with van der Waals surface area (Å²) in [4.78, 5) is 13.7. The molecule has 0 aromatic heterocycles. The molecule has 0 radical (unpaired) electrons. The van der Waals surface area contributed by atoms with Gasteiger partial charge in [0.1, 0.15) is 5.54 Å². The fraction of sp³-hybridized carbons (Fsp3) is 0.462. The molecule has 18 heavy (non-hydrogen) atoms. The molecule has 1 heterocycles. The van der Waals surface area contributed by atoms with E-state index in [2.05, 4.69) is 26.1 Å². The summed E-state index contributed by atoms with van der Waals surface area (Å²) in [6.07, 6.45) is 1.54. The zero-order chi connectivity index (χ0) is 13.2. The predicted octanol–water partition coefficient (Wildman–Crippen LogP) is 2.41. The number of carboxylic acids is 1. The summed E-state index contributed by atoms with van der Waals surface area (Å²) in [5.41, 5.74) is -0.0459. The van der Waals surface area contributed by atoms with Crippen LogP contribution in [0, 0.1) is 0 Å². The SMILES string of the molecule is CN1CCCC(Nc2cccc(Br)c2)(C(=O)O)C1. The van der Waals surface area contributed by atoms with Crippen LogP contribution in [0.3, 0.4) is 0 Å². The first-order valence-corrected chi connectivity index (χ1v) is 6.77. The molecule has 1 aromatic carbocycles. The lowest BCUT2D eigenvalue weighted by Gasteiger charge is -2.39. The predicted molar refractivity (Wildman–Crippen MR) is 74.9 cm³/mol. The second kappa shape index (κ2) is 5.28. The second-order valence-electron chi connectivity index (χ2n) is 4.86. The maximum absolute atomic E-state index is 11.6. The number of halogens is 1. The Balaban J connectivity index is 2.23. The zero-order valence-electron chi connectivity index (χ0n) is 10.3. The third-order valence-electron chi connectivity index (χ3n) is 3.30. The highest BCUT2D eigenvalue weighted by atomic mass is 79.9. The highest BCUT2D eigenvalue weighted by Crippen LogP contribution is 2.27. The van der Waals surface area contributed by atoms with Crippen molar-refractivity contribution in [1.29, 1.82) is 0 Å². The van der Waals surface area contributed by atoms with Gasteiger partial charge in [0.05, 0.1) is 0 Å². The van der Waals surface area contributed by atoms with Crippen LogP contribution in [0.25, 0.3) is 0 Å². The van der Waals surface area contributed by atoms with E-state index in [9.17, 15) is 9.90 Å². The van der Waals surface area contributed by atoms with Gasteiger partial charge in [-0.25, -0.2) is 4.79 Å². The van der Waals surface area contributed by atoms with E-state index in [1.165, 1.54) is 0 Å². The largest absolute Gasteiger partial charge is 0.479 e. The molecule has 1 aromatic rings. The number of carbonyl (C=O) groups is 1. The molecule has 1 fully saturated rings. The standard InChI is InChI=1S/C13H17BrN2O2/c1-16-7-3-6-13(9-16,12(17)18)15-11-5-2-4-10(14)8-11/h2,4-5,8,15H,3,6-7,9H2,1H3,(H,17,18). The Morgan fingerprint density at radius 3 is 2.94 bits per heavy atom. The van der Waals surface area contributed by atoms with Crippen LogP contribution in [-0.4, -0.2) is 41.7 Å². The van der Waals surface area contributed by atoms with Gasteiger partial charge in [0.2, 0.25) is 0 Å². The van der Waals surface area contributed by atoms with E-state index in [1.54, 1.807) is 0 Å². The number of likely N-dealkylation sites (tertiary alicyclic amines) is 1. The molecule has 1 atom stereocenters. The van der Waals surface area contributed by atoms with E-state index in [4.69, 9.17) is 0 Å². The molecule has 1 aliphatic rings. The number of nitrogens with zero attached hydrogens (tertiary/aromatic N) is 1. The Morgan fingerprint density at radius 2 is 2.33 bits per heavy atom. The first kappa shape index (κ1) is 13.4. The average molecular weight is 313 g/mol. The van der Waals surface area contributed by atoms with Crippen LogP contribution in [0.2, 0.25) is 0 Å². The maximum Gasteiger partial charge on any atom is 0.330 e. The van der Waals surface area contributed by atoms with E-state index in [-0.39, 0.29) is 0 Å². The van der Waals surface area contributed by atoms with Crippen LogP contribution in [0.15, 0.2) is 28.7 Å². The minimum Gasteiger partial charge on any atom is -0.479 e. The topological polar surface area (TPSA) is 52.6 Å². The molecule has 0 spiro atoms. The van der Waals surface area contributed by atoms with Gasteiger partial charge in [-0.2, -0.15) is 0 Å². The number of piperidine rings is 1. The van der Waals surface area contributed by atoms with E-state index in [0.717, 1.165) is 23.1 Å². The Morgan fingerprint density at radius 1 is 1.56 bits per heavy atom. The lowest BCUT2D eigenvalue weighted by Crippen LogP contribution is -2.57. The molecule has 1 unspecified atom stereocenters. The van der Waals surface area contributed by atoms with Crippen molar-refractivity contribution in [3.05, 3.63) is 28.7 Å². The van der Waals surface area contributed by atoms with Crippen molar-refractivity contribution in [2.75, 3.05) is 25.5 Å². The van der Waals surface area contributed by atoms with Gasteiger partial charge in [-0.05, 0) is 44.6 Å². The van der Waals surface area contributed by atoms with Gasteiger partial charge in [-0.1, -0.05) is 22.0 Å². The average Bonchev–Trinajstić information content (AvgIpc) is 2.28. The van der Waals surface area contributed by atoms with Gasteiger partial charge in [0.25, 0.3) is 0 Å². The van der Waals surface area contributed by atoms with Crippen LogP contribution < -0.4 is 5.32 Å². The third-order valence-corrected chi connectivity index (χ3v) is 3.79. The smallest absolute Gasteiger partial charge is 0.330 e. The fourth-order valence-electron chi connectivity index (χ4n) is 2.44. The summed E-state index contributed by atoms with van der Waals surface area (Å²) in [7, 11) is 1.96. The number of benzene rings is 1. The third kappa shape index (κ3) is 2.84. The number of rotatable bonds is 3. The summed E-state index contributed by atoms with van der Waals surface area (Å²) < 4.78 is 0.942. The monoisotopic (exact) mass is 312 g/mol. The number of aliphatic carboxylic acids is 1. The van der Waals surface area contributed by atoms with Gasteiger partial charge in [0.15, 0.2) is 0 Å². The molecule has 1 saturated heterocycles.